The molecule has 3 rings (SSSR count). The summed E-state index contributed by atoms with van der Waals surface area (Å²) in [6.07, 6.45) is 0.679. The van der Waals surface area contributed by atoms with Gasteiger partial charge in [0.05, 0.1) is 37.8 Å². The molecule has 2 heterocycles. The van der Waals surface area contributed by atoms with E-state index in [9.17, 15) is 9.59 Å². The van der Waals surface area contributed by atoms with Crippen LogP contribution >= 0.6 is 11.8 Å². The number of ether oxygens (including phenoxy) is 3. The number of fused-ring (bicyclic) bond motifs is 1. The molecule has 1 amide bonds. The van der Waals surface area contributed by atoms with Gasteiger partial charge in [0.25, 0.3) is 0 Å². The minimum absolute atomic E-state index is 0.0713. The van der Waals surface area contributed by atoms with Gasteiger partial charge in [0.1, 0.15) is 17.5 Å². The fourth-order valence-electron chi connectivity index (χ4n) is 3.30. The van der Waals surface area contributed by atoms with Gasteiger partial charge in [-0.25, -0.2) is 9.79 Å². The van der Waals surface area contributed by atoms with E-state index in [0.29, 0.717) is 39.9 Å². The van der Waals surface area contributed by atoms with Crippen LogP contribution in [0, 0.1) is 0 Å². The highest BCUT2D eigenvalue weighted by Crippen LogP contribution is 2.46. The maximum atomic E-state index is 13.0. The van der Waals surface area contributed by atoms with Gasteiger partial charge in [-0.1, -0.05) is 18.7 Å². The summed E-state index contributed by atoms with van der Waals surface area (Å²) in [7, 11) is 4.43. The topological polar surface area (TPSA) is 77.4 Å². The molecule has 1 saturated heterocycles. The molecule has 27 heavy (non-hydrogen) atoms. The number of amides is 1. The Kier molecular flexibility index (Phi) is 5.46. The lowest BCUT2D eigenvalue weighted by Gasteiger charge is -2.33. The zero-order chi connectivity index (χ0) is 19.7. The molecule has 0 radical (unpaired) electrons. The van der Waals surface area contributed by atoms with Crippen LogP contribution in [0.25, 0.3) is 0 Å². The molecule has 0 spiro atoms. The highest BCUT2D eigenvalue weighted by molar-refractivity contribution is 8.15. The summed E-state index contributed by atoms with van der Waals surface area (Å²) in [5, 5.41) is 0.375. The van der Waals surface area contributed by atoms with Crippen LogP contribution in [-0.2, 0) is 14.3 Å². The number of nitrogens with zero attached hydrogens (tertiary/aromatic N) is 2. The molecule has 0 aromatic heterocycles. The van der Waals surface area contributed by atoms with Crippen LogP contribution in [0.2, 0.25) is 0 Å². The number of esters is 1. The van der Waals surface area contributed by atoms with Crippen molar-refractivity contribution in [1.29, 1.82) is 0 Å². The predicted molar refractivity (Wildman–Crippen MR) is 103 cm³/mol. The van der Waals surface area contributed by atoms with Crippen LogP contribution in [0.5, 0.6) is 11.5 Å². The van der Waals surface area contributed by atoms with Gasteiger partial charge in [0.15, 0.2) is 5.17 Å². The van der Waals surface area contributed by atoms with Gasteiger partial charge in [0, 0.05) is 11.6 Å². The van der Waals surface area contributed by atoms with Gasteiger partial charge < -0.3 is 14.2 Å². The lowest BCUT2D eigenvalue weighted by atomic mass is 9.93. The standard InChI is InChI=1S/C19H22N2O5S/c1-6-14-17(22)21-16(12-8-7-11(24-3)9-13(12)25-4)15(18(23)26-5)10(2)20-19(21)27-14/h7-9,14,16H,6H2,1-5H3/t14-,16+/m0/s1. The molecule has 8 heteroatoms. The molecule has 144 valence electrons. The van der Waals surface area contributed by atoms with E-state index in [-0.39, 0.29) is 11.2 Å². The summed E-state index contributed by atoms with van der Waals surface area (Å²) in [5.74, 6) is 0.552. The monoisotopic (exact) mass is 390 g/mol. The molecule has 2 aliphatic heterocycles. The van der Waals surface area contributed by atoms with E-state index in [4.69, 9.17) is 14.2 Å². The number of carbonyl (C=O) groups excluding carboxylic acids is 2. The molecule has 2 aliphatic rings. The molecular weight excluding hydrogens is 368 g/mol. The molecule has 1 fully saturated rings. The number of carbonyl (C=O) groups is 2. The van der Waals surface area contributed by atoms with Crippen molar-refractivity contribution < 1.29 is 23.8 Å². The van der Waals surface area contributed by atoms with Gasteiger partial charge in [-0.05, 0) is 25.5 Å². The molecule has 2 atom stereocenters. The lowest BCUT2D eigenvalue weighted by Crippen LogP contribution is -2.40. The number of aliphatic imine (C=N–C) groups is 1. The van der Waals surface area contributed by atoms with Crippen LogP contribution in [-0.4, -0.2) is 48.5 Å². The number of allylic oxidation sites excluding steroid dienone is 1. The summed E-state index contributed by atoms with van der Waals surface area (Å²) in [4.78, 5) is 31.7. The normalized spacial score (nSPS) is 21.7. The van der Waals surface area contributed by atoms with E-state index in [0.717, 1.165) is 0 Å². The third-order valence-electron chi connectivity index (χ3n) is 4.66. The van der Waals surface area contributed by atoms with E-state index in [1.165, 1.54) is 18.9 Å². The van der Waals surface area contributed by atoms with E-state index in [2.05, 4.69) is 4.99 Å². The van der Waals surface area contributed by atoms with E-state index in [1.807, 2.05) is 6.92 Å². The largest absolute Gasteiger partial charge is 0.497 e. The van der Waals surface area contributed by atoms with Gasteiger partial charge >= 0.3 is 5.97 Å². The molecular formula is C19H22N2O5S. The molecule has 7 nitrogen and oxygen atoms in total. The number of methoxy groups -OCH3 is 3. The van der Waals surface area contributed by atoms with E-state index < -0.39 is 12.0 Å². The molecule has 1 aromatic rings. The van der Waals surface area contributed by atoms with Gasteiger partial charge in [0.2, 0.25) is 5.91 Å². The smallest absolute Gasteiger partial charge is 0.338 e. The van der Waals surface area contributed by atoms with Gasteiger partial charge in [-0.15, -0.1) is 0 Å². The predicted octanol–water partition coefficient (Wildman–Crippen LogP) is 2.92. The first-order chi connectivity index (χ1) is 13.0. The summed E-state index contributed by atoms with van der Waals surface area (Å²) < 4.78 is 15.8. The Bertz CT molecular complexity index is 849. The Labute approximate surface area is 162 Å². The maximum absolute atomic E-state index is 13.0. The van der Waals surface area contributed by atoms with E-state index >= 15 is 0 Å². The first-order valence-electron chi connectivity index (χ1n) is 8.56. The zero-order valence-electron chi connectivity index (χ0n) is 15.9. The maximum Gasteiger partial charge on any atom is 0.338 e. The Morgan fingerprint density at radius 1 is 1.26 bits per heavy atom. The van der Waals surface area contributed by atoms with Crippen molar-refractivity contribution in [3.8, 4) is 11.5 Å². The van der Waals surface area contributed by atoms with Crippen LogP contribution in [0.15, 0.2) is 34.5 Å². The Hall–Kier alpha value is -2.48. The quantitative estimate of drug-likeness (QED) is 0.720. The minimum Gasteiger partial charge on any atom is -0.497 e. The molecule has 0 saturated carbocycles. The average molecular weight is 390 g/mol. The average Bonchev–Trinajstić information content (AvgIpc) is 3.01. The minimum atomic E-state index is -0.664. The SMILES string of the molecule is CC[C@@H]1SC2=NC(C)=C(C(=O)OC)[C@@H](c3ccc(OC)cc3OC)N2C1=O. The van der Waals surface area contributed by atoms with Crippen LogP contribution in [0.4, 0.5) is 0 Å². The third kappa shape index (κ3) is 3.18. The molecule has 1 aromatic carbocycles. The Morgan fingerprint density at radius 2 is 2.00 bits per heavy atom. The van der Waals surface area contributed by atoms with Crippen LogP contribution < -0.4 is 9.47 Å². The van der Waals surface area contributed by atoms with Crippen molar-refractivity contribution in [2.75, 3.05) is 21.3 Å². The van der Waals surface area contributed by atoms with Crippen LogP contribution in [0.3, 0.4) is 0 Å². The molecule has 0 bridgehead atoms. The second-order valence-corrected chi connectivity index (χ2v) is 7.29. The first kappa shape index (κ1) is 19.3. The van der Waals surface area contributed by atoms with Crippen molar-refractivity contribution >= 4 is 28.8 Å². The summed E-state index contributed by atoms with van der Waals surface area (Å²) in [6.45, 7) is 3.71. The van der Waals surface area contributed by atoms with Crippen molar-refractivity contribution in [3.05, 3.63) is 35.0 Å². The number of hydrogen-bond acceptors (Lipinski definition) is 7. The van der Waals surface area contributed by atoms with Crippen molar-refractivity contribution in [3.63, 3.8) is 0 Å². The molecule has 0 N–H and O–H groups in total. The number of amidine groups is 1. The van der Waals surface area contributed by atoms with Crippen molar-refractivity contribution in [2.45, 2.75) is 31.6 Å². The highest BCUT2D eigenvalue weighted by atomic mass is 32.2. The number of hydrogen-bond donors (Lipinski definition) is 0. The summed E-state index contributed by atoms with van der Waals surface area (Å²) >= 11 is 1.42. The summed E-state index contributed by atoms with van der Waals surface area (Å²) in [5.41, 5.74) is 1.54. The highest BCUT2D eigenvalue weighted by Gasteiger charge is 2.47. The number of rotatable bonds is 5. The van der Waals surface area contributed by atoms with Crippen molar-refractivity contribution in [1.82, 2.24) is 4.90 Å². The molecule has 0 aliphatic carbocycles. The number of benzene rings is 1. The van der Waals surface area contributed by atoms with E-state index in [1.54, 1.807) is 44.2 Å². The Morgan fingerprint density at radius 3 is 2.59 bits per heavy atom. The van der Waals surface area contributed by atoms with Gasteiger partial charge in [-0.2, -0.15) is 0 Å². The fraction of sp³-hybridized carbons (Fsp3) is 0.421. The van der Waals surface area contributed by atoms with Crippen molar-refractivity contribution in [2.24, 2.45) is 4.99 Å². The summed E-state index contributed by atoms with van der Waals surface area (Å²) in [6, 6.07) is 4.65. The third-order valence-corrected chi connectivity index (χ3v) is 5.98. The molecule has 0 unspecified atom stereocenters. The Balaban J connectivity index is 2.21. The lowest BCUT2D eigenvalue weighted by molar-refractivity contribution is -0.137. The first-order valence-corrected chi connectivity index (χ1v) is 9.44. The van der Waals surface area contributed by atoms with Crippen LogP contribution in [0.1, 0.15) is 31.9 Å². The zero-order valence-corrected chi connectivity index (χ0v) is 16.8. The van der Waals surface area contributed by atoms with Gasteiger partial charge in [-0.3, -0.25) is 9.69 Å². The fourth-order valence-corrected chi connectivity index (χ4v) is 4.43. The second kappa shape index (κ2) is 7.64. The number of thioether (sulfide) groups is 1. The second-order valence-electron chi connectivity index (χ2n) is 6.12.